The van der Waals surface area contributed by atoms with Gasteiger partial charge in [-0.15, -0.1) is 0 Å². The molecule has 2 aromatic rings. The van der Waals surface area contributed by atoms with Gasteiger partial charge in [0.15, 0.2) is 0 Å². The quantitative estimate of drug-likeness (QED) is 0.366. The Balaban J connectivity index is 1.85. The van der Waals surface area contributed by atoms with Crippen LogP contribution in [0.2, 0.25) is 0 Å². The van der Waals surface area contributed by atoms with Gasteiger partial charge in [-0.1, -0.05) is 6.07 Å². The van der Waals surface area contributed by atoms with Crippen molar-refractivity contribution in [2.45, 2.75) is 52.2 Å². The number of amides is 1. The second kappa shape index (κ2) is 9.52. The third-order valence-corrected chi connectivity index (χ3v) is 5.49. The number of carbonyl (C=O) groups excluding carboxylic acids is 2. The van der Waals surface area contributed by atoms with E-state index in [0.29, 0.717) is 13.0 Å². The van der Waals surface area contributed by atoms with Crippen LogP contribution in [0.15, 0.2) is 34.9 Å². The average Bonchev–Trinajstić information content (AvgIpc) is 3.50. The molecule has 6 nitrogen and oxygen atoms in total. The number of halogens is 3. The zero-order valence-corrected chi connectivity index (χ0v) is 19.9. The first kappa shape index (κ1) is 24.1. The van der Waals surface area contributed by atoms with Gasteiger partial charge < -0.3 is 9.47 Å². The first-order valence-corrected chi connectivity index (χ1v) is 11.1. The number of anilines is 1. The summed E-state index contributed by atoms with van der Waals surface area (Å²) in [6.45, 7) is 7.05. The van der Waals surface area contributed by atoms with Crippen molar-refractivity contribution in [1.82, 2.24) is 4.98 Å². The molecule has 1 amide bonds. The minimum absolute atomic E-state index is 0.0241. The lowest BCUT2D eigenvalue weighted by atomic mass is 10.1. The summed E-state index contributed by atoms with van der Waals surface area (Å²) in [5.41, 5.74) is 0.171. The number of carbonyl (C=O) groups is 2. The molecule has 1 saturated carbocycles. The maximum atomic E-state index is 14.4. The smallest absolute Gasteiger partial charge is 0.416 e. The SMILES string of the molecule is CCOC(=O)[C@H]1C[C@@H]1c1ccc(N(Cc2cc(Br)c(F)cc2F)C(=O)OC(C)(C)C)nc1. The van der Waals surface area contributed by atoms with Gasteiger partial charge >= 0.3 is 12.1 Å². The third-order valence-electron chi connectivity index (χ3n) is 4.89. The largest absolute Gasteiger partial charge is 0.466 e. The van der Waals surface area contributed by atoms with Gasteiger partial charge in [0.2, 0.25) is 0 Å². The van der Waals surface area contributed by atoms with Crippen LogP contribution in [0.4, 0.5) is 19.4 Å². The molecule has 0 unspecified atom stereocenters. The minimum Gasteiger partial charge on any atom is -0.466 e. The topological polar surface area (TPSA) is 68.7 Å². The van der Waals surface area contributed by atoms with Crippen LogP contribution in [-0.2, 0) is 20.8 Å². The maximum Gasteiger partial charge on any atom is 0.416 e. The summed E-state index contributed by atoms with van der Waals surface area (Å²) in [6.07, 6.45) is 1.56. The summed E-state index contributed by atoms with van der Waals surface area (Å²) in [7, 11) is 0. The Morgan fingerprint density at radius 2 is 1.94 bits per heavy atom. The van der Waals surface area contributed by atoms with Crippen LogP contribution in [0, 0.1) is 17.6 Å². The van der Waals surface area contributed by atoms with Crippen molar-refractivity contribution in [2.24, 2.45) is 5.92 Å². The van der Waals surface area contributed by atoms with Crippen molar-refractivity contribution in [2.75, 3.05) is 11.5 Å². The molecule has 1 aliphatic rings. The molecular formula is C23H25BrF2N2O4. The molecule has 1 aromatic heterocycles. The molecule has 32 heavy (non-hydrogen) atoms. The summed E-state index contributed by atoms with van der Waals surface area (Å²) < 4.78 is 38.6. The molecule has 9 heteroatoms. The lowest BCUT2D eigenvalue weighted by molar-refractivity contribution is -0.144. The number of pyridine rings is 1. The van der Waals surface area contributed by atoms with Crippen LogP contribution in [0.3, 0.4) is 0 Å². The van der Waals surface area contributed by atoms with E-state index in [1.165, 1.54) is 11.0 Å². The molecule has 0 radical (unpaired) electrons. The molecule has 0 saturated heterocycles. The number of ether oxygens (including phenoxy) is 2. The van der Waals surface area contributed by atoms with E-state index in [2.05, 4.69) is 20.9 Å². The van der Waals surface area contributed by atoms with Gasteiger partial charge in [-0.05, 0) is 73.7 Å². The second-order valence-corrected chi connectivity index (χ2v) is 9.43. The van der Waals surface area contributed by atoms with Crippen molar-refractivity contribution >= 4 is 33.8 Å². The third kappa shape index (κ3) is 5.82. The number of rotatable bonds is 6. The summed E-state index contributed by atoms with van der Waals surface area (Å²) >= 11 is 3.04. The molecule has 0 N–H and O–H groups in total. The van der Waals surface area contributed by atoms with Crippen LogP contribution in [0.1, 0.15) is 51.2 Å². The van der Waals surface area contributed by atoms with E-state index < -0.39 is 23.3 Å². The molecule has 0 aliphatic heterocycles. The summed E-state index contributed by atoms with van der Waals surface area (Å²) in [5.74, 6) is -1.67. The zero-order chi connectivity index (χ0) is 23.6. The number of hydrogen-bond acceptors (Lipinski definition) is 5. The molecule has 0 spiro atoms. The van der Waals surface area contributed by atoms with E-state index in [-0.39, 0.29) is 40.2 Å². The minimum atomic E-state index is -0.786. The maximum absolute atomic E-state index is 14.4. The van der Waals surface area contributed by atoms with Crippen molar-refractivity contribution in [3.05, 3.63) is 57.7 Å². The van der Waals surface area contributed by atoms with Crippen molar-refractivity contribution < 1.29 is 27.8 Å². The Bertz CT molecular complexity index is 1010. The Labute approximate surface area is 194 Å². The molecule has 1 fully saturated rings. The fourth-order valence-corrected chi connectivity index (χ4v) is 3.65. The Kier molecular flexibility index (Phi) is 7.17. The van der Waals surface area contributed by atoms with Gasteiger partial charge in [0, 0.05) is 17.8 Å². The summed E-state index contributed by atoms with van der Waals surface area (Å²) in [6, 6.07) is 5.44. The molecule has 3 rings (SSSR count). The fraction of sp³-hybridized carbons (Fsp3) is 0.435. The van der Waals surface area contributed by atoms with Crippen LogP contribution in [0.25, 0.3) is 0 Å². The highest BCUT2D eigenvalue weighted by atomic mass is 79.9. The summed E-state index contributed by atoms with van der Waals surface area (Å²) in [5, 5.41) is 0. The monoisotopic (exact) mass is 510 g/mol. The molecule has 1 heterocycles. The van der Waals surface area contributed by atoms with Gasteiger partial charge in [0.05, 0.1) is 23.5 Å². The van der Waals surface area contributed by atoms with E-state index in [0.717, 1.165) is 11.6 Å². The summed E-state index contributed by atoms with van der Waals surface area (Å²) in [4.78, 5) is 30.3. The number of esters is 1. The molecule has 2 atom stereocenters. The van der Waals surface area contributed by atoms with Gasteiger partial charge in [-0.2, -0.15) is 0 Å². The Morgan fingerprint density at radius 1 is 1.22 bits per heavy atom. The van der Waals surface area contributed by atoms with E-state index in [1.54, 1.807) is 46.0 Å². The van der Waals surface area contributed by atoms with E-state index in [9.17, 15) is 18.4 Å². The van der Waals surface area contributed by atoms with Crippen LogP contribution in [-0.4, -0.2) is 29.3 Å². The van der Waals surface area contributed by atoms with E-state index >= 15 is 0 Å². The molecular weight excluding hydrogens is 486 g/mol. The average molecular weight is 511 g/mol. The number of aromatic nitrogens is 1. The zero-order valence-electron chi connectivity index (χ0n) is 18.3. The predicted octanol–water partition coefficient (Wildman–Crippen LogP) is 5.73. The van der Waals surface area contributed by atoms with Gasteiger partial charge in [-0.25, -0.2) is 18.6 Å². The van der Waals surface area contributed by atoms with Crippen LogP contribution in [0.5, 0.6) is 0 Å². The van der Waals surface area contributed by atoms with Gasteiger partial charge in [0.1, 0.15) is 23.1 Å². The van der Waals surface area contributed by atoms with Crippen molar-refractivity contribution in [3.8, 4) is 0 Å². The van der Waals surface area contributed by atoms with Gasteiger partial charge in [0.25, 0.3) is 0 Å². The lowest BCUT2D eigenvalue weighted by Gasteiger charge is -2.27. The highest BCUT2D eigenvalue weighted by molar-refractivity contribution is 9.10. The Hall–Kier alpha value is -2.55. The number of benzene rings is 1. The predicted molar refractivity (Wildman–Crippen MR) is 118 cm³/mol. The van der Waals surface area contributed by atoms with E-state index in [4.69, 9.17) is 9.47 Å². The van der Waals surface area contributed by atoms with Crippen LogP contribution >= 0.6 is 15.9 Å². The highest BCUT2D eigenvalue weighted by Gasteiger charge is 2.45. The second-order valence-electron chi connectivity index (χ2n) is 8.57. The number of hydrogen-bond donors (Lipinski definition) is 0. The highest BCUT2D eigenvalue weighted by Crippen LogP contribution is 2.48. The fourth-order valence-electron chi connectivity index (χ4n) is 3.26. The standard InChI is InChI=1S/C23H25BrF2N2O4/c1-5-31-21(29)16-9-15(16)13-6-7-20(27-11-13)28(22(30)32-23(2,3)4)12-14-8-17(24)19(26)10-18(14)25/h6-8,10-11,15-16H,5,9,12H2,1-4H3/t15-,16+/m1/s1. The van der Waals surface area contributed by atoms with E-state index in [1.807, 2.05) is 0 Å². The van der Waals surface area contributed by atoms with Crippen LogP contribution < -0.4 is 4.90 Å². The Morgan fingerprint density at radius 3 is 2.53 bits per heavy atom. The van der Waals surface area contributed by atoms with Crippen molar-refractivity contribution in [1.29, 1.82) is 0 Å². The first-order chi connectivity index (χ1) is 15.0. The van der Waals surface area contributed by atoms with Gasteiger partial charge in [-0.3, -0.25) is 9.69 Å². The normalized spacial score (nSPS) is 17.6. The molecule has 1 aliphatic carbocycles. The number of nitrogens with zero attached hydrogens (tertiary/aromatic N) is 2. The lowest BCUT2D eigenvalue weighted by Crippen LogP contribution is -2.37. The van der Waals surface area contributed by atoms with Crippen molar-refractivity contribution in [3.63, 3.8) is 0 Å². The first-order valence-electron chi connectivity index (χ1n) is 10.3. The molecule has 0 bridgehead atoms. The molecule has 1 aromatic carbocycles. The molecule has 172 valence electrons.